The molecule has 0 aromatic heterocycles. The van der Waals surface area contributed by atoms with E-state index in [2.05, 4.69) is 18.7 Å². The minimum Gasteiger partial charge on any atom is -0.399 e. The summed E-state index contributed by atoms with van der Waals surface area (Å²) in [5.74, 6) is 0.109. The Kier molecular flexibility index (Phi) is 3.87. The maximum atomic E-state index is 12.3. The van der Waals surface area contributed by atoms with Gasteiger partial charge in [0, 0.05) is 36.9 Å². The van der Waals surface area contributed by atoms with Gasteiger partial charge >= 0.3 is 0 Å². The second-order valence-corrected chi connectivity index (χ2v) is 4.85. The highest BCUT2D eigenvalue weighted by atomic mass is 16.2. The number of anilines is 1. The lowest BCUT2D eigenvalue weighted by molar-refractivity contribution is 0.0528. The van der Waals surface area contributed by atoms with Crippen molar-refractivity contribution in [2.24, 2.45) is 0 Å². The third-order valence-corrected chi connectivity index (χ3v) is 3.62. The van der Waals surface area contributed by atoms with E-state index in [4.69, 9.17) is 5.73 Å². The number of hydrogen-bond donors (Lipinski definition) is 1. The summed E-state index contributed by atoms with van der Waals surface area (Å²) in [4.78, 5) is 16.6. The van der Waals surface area contributed by atoms with E-state index in [0.29, 0.717) is 11.7 Å². The highest BCUT2D eigenvalue weighted by molar-refractivity contribution is 5.94. The van der Waals surface area contributed by atoms with Crippen molar-refractivity contribution < 1.29 is 4.79 Å². The molecule has 2 rings (SSSR count). The number of nitrogens with zero attached hydrogens (tertiary/aromatic N) is 2. The van der Waals surface area contributed by atoms with E-state index in [1.807, 2.05) is 4.90 Å². The molecule has 1 heterocycles. The van der Waals surface area contributed by atoms with Gasteiger partial charge in [-0.3, -0.25) is 9.69 Å². The number of carbonyl (C=O) groups excluding carboxylic acids is 1. The van der Waals surface area contributed by atoms with Crippen molar-refractivity contribution in [2.45, 2.75) is 19.9 Å². The van der Waals surface area contributed by atoms with E-state index in [9.17, 15) is 4.79 Å². The number of piperazine rings is 1. The number of nitrogens with two attached hydrogens (primary N) is 1. The smallest absolute Gasteiger partial charge is 0.253 e. The topological polar surface area (TPSA) is 49.6 Å². The molecule has 4 heteroatoms. The van der Waals surface area contributed by atoms with Crippen molar-refractivity contribution >= 4 is 11.6 Å². The molecule has 1 saturated heterocycles. The summed E-state index contributed by atoms with van der Waals surface area (Å²) in [7, 11) is 0. The molecule has 1 aliphatic rings. The van der Waals surface area contributed by atoms with Crippen LogP contribution in [0.4, 0.5) is 5.69 Å². The van der Waals surface area contributed by atoms with E-state index in [1.54, 1.807) is 24.3 Å². The van der Waals surface area contributed by atoms with Gasteiger partial charge in [-0.15, -0.1) is 0 Å². The Bertz CT molecular complexity index is 416. The second-order valence-electron chi connectivity index (χ2n) is 4.85. The number of benzene rings is 1. The molecular weight excluding hydrogens is 226 g/mol. The summed E-state index contributed by atoms with van der Waals surface area (Å²) in [6.45, 7) is 7.95. The van der Waals surface area contributed by atoms with Gasteiger partial charge in [0.2, 0.25) is 0 Å². The summed E-state index contributed by atoms with van der Waals surface area (Å²) in [6.07, 6.45) is 0. The van der Waals surface area contributed by atoms with Gasteiger partial charge in [0.25, 0.3) is 5.91 Å². The number of amides is 1. The maximum Gasteiger partial charge on any atom is 0.253 e. The van der Waals surface area contributed by atoms with Crippen LogP contribution in [0.3, 0.4) is 0 Å². The average Bonchev–Trinajstić information content (AvgIpc) is 2.38. The molecule has 1 aromatic carbocycles. The van der Waals surface area contributed by atoms with E-state index >= 15 is 0 Å². The number of rotatable bonds is 2. The molecule has 1 unspecified atom stereocenters. The third-order valence-electron chi connectivity index (χ3n) is 3.62. The van der Waals surface area contributed by atoms with Crippen LogP contribution in [-0.4, -0.2) is 47.9 Å². The number of likely N-dealkylation sites (N-methyl/N-ethyl adjacent to an activating group) is 1. The Morgan fingerprint density at radius 1 is 1.33 bits per heavy atom. The van der Waals surface area contributed by atoms with E-state index in [-0.39, 0.29) is 5.91 Å². The lowest BCUT2D eigenvalue weighted by Gasteiger charge is -2.39. The molecule has 1 aliphatic heterocycles. The normalized spacial score (nSPS) is 21.0. The molecule has 2 N–H and O–H groups in total. The molecule has 0 spiro atoms. The monoisotopic (exact) mass is 247 g/mol. The largest absolute Gasteiger partial charge is 0.399 e. The first kappa shape index (κ1) is 12.9. The van der Waals surface area contributed by atoms with E-state index in [1.165, 1.54) is 0 Å². The average molecular weight is 247 g/mol. The van der Waals surface area contributed by atoms with Crippen molar-refractivity contribution in [2.75, 3.05) is 31.9 Å². The van der Waals surface area contributed by atoms with Crippen molar-refractivity contribution in [1.82, 2.24) is 9.80 Å². The van der Waals surface area contributed by atoms with Crippen LogP contribution in [0.15, 0.2) is 24.3 Å². The Morgan fingerprint density at radius 2 is 2.00 bits per heavy atom. The van der Waals surface area contributed by atoms with Crippen LogP contribution in [0, 0.1) is 0 Å². The third kappa shape index (κ3) is 2.64. The van der Waals surface area contributed by atoms with Crippen LogP contribution in [0.1, 0.15) is 24.2 Å². The number of nitrogen functional groups attached to an aromatic ring is 1. The molecule has 1 amide bonds. The number of carbonyl (C=O) groups is 1. The quantitative estimate of drug-likeness (QED) is 0.804. The van der Waals surface area contributed by atoms with Crippen LogP contribution in [0.25, 0.3) is 0 Å². The van der Waals surface area contributed by atoms with Gasteiger partial charge in [-0.1, -0.05) is 6.92 Å². The lowest BCUT2D eigenvalue weighted by Crippen LogP contribution is -2.53. The van der Waals surface area contributed by atoms with Crippen molar-refractivity contribution in [3.8, 4) is 0 Å². The van der Waals surface area contributed by atoms with Gasteiger partial charge in [0.1, 0.15) is 0 Å². The molecule has 18 heavy (non-hydrogen) atoms. The zero-order valence-corrected chi connectivity index (χ0v) is 11.1. The summed E-state index contributed by atoms with van der Waals surface area (Å²) < 4.78 is 0. The van der Waals surface area contributed by atoms with Gasteiger partial charge < -0.3 is 10.6 Å². The zero-order valence-electron chi connectivity index (χ0n) is 11.1. The fourth-order valence-corrected chi connectivity index (χ4v) is 2.46. The number of hydrogen-bond acceptors (Lipinski definition) is 3. The van der Waals surface area contributed by atoms with Gasteiger partial charge in [-0.05, 0) is 37.7 Å². The maximum absolute atomic E-state index is 12.3. The molecule has 0 saturated carbocycles. The zero-order chi connectivity index (χ0) is 13.1. The van der Waals surface area contributed by atoms with Crippen molar-refractivity contribution in [3.63, 3.8) is 0 Å². The Morgan fingerprint density at radius 3 is 2.56 bits per heavy atom. The summed E-state index contributed by atoms with van der Waals surface area (Å²) in [5, 5.41) is 0. The molecule has 1 fully saturated rings. The highest BCUT2D eigenvalue weighted by Gasteiger charge is 2.26. The molecule has 0 radical (unpaired) electrons. The van der Waals surface area contributed by atoms with Crippen molar-refractivity contribution in [3.05, 3.63) is 29.8 Å². The highest BCUT2D eigenvalue weighted by Crippen LogP contribution is 2.14. The van der Waals surface area contributed by atoms with Gasteiger partial charge in [0.15, 0.2) is 0 Å². The minimum absolute atomic E-state index is 0.109. The van der Waals surface area contributed by atoms with E-state index in [0.717, 1.165) is 31.7 Å². The van der Waals surface area contributed by atoms with Crippen molar-refractivity contribution in [1.29, 1.82) is 0 Å². The molecule has 0 aliphatic carbocycles. The molecule has 98 valence electrons. The SMILES string of the molecule is CCN1CCN(C(=O)c2ccc(N)cc2)CC1C. The van der Waals surface area contributed by atoms with Gasteiger partial charge in [-0.25, -0.2) is 0 Å². The molecule has 1 atom stereocenters. The van der Waals surface area contributed by atoms with Crippen LogP contribution >= 0.6 is 0 Å². The minimum atomic E-state index is 0.109. The predicted octanol–water partition coefficient (Wildman–Crippen LogP) is 1.43. The van der Waals surface area contributed by atoms with Crippen LogP contribution in [0.2, 0.25) is 0 Å². The molecule has 0 bridgehead atoms. The molecule has 4 nitrogen and oxygen atoms in total. The molecule has 1 aromatic rings. The summed E-state index contributed by atoms with van der Waals surface area (Å²) >= 11 is 0. The standard InChI is InChI=1S/C14H21N3O/c1-3-16-8-9-17(10-11(16)2)14(18)12-4-6-13(15)7-5-12/h4-7,11H,3,8-10,15H2,1-2H3. The molecular formula is C14H21N3O. The summed E-state index contributed by atoms with van der Waals surface area (Å²) in [6, 6.07) is 7.59. The summed E-state index contributed by atoms with van der Waals surface area (Å²) in [5.41, 5.74) is 7.05. The van der Waals surface area contributed by atoms with Crippen LogP contribution < -0.4 is 5.73 Å². The fourth-order valence-electron chi connectivity index (χ4n) is 2.46. The van der Waals surface area contributed by atoms with Crippen LogP contribution in [-0.2, 0) is 0 Å². The first-order valence-electron chi connectivity index (χ1n) is 6.50. The van der Waals surface area contributed by atoms with Gasteiger partial charge in [0.05, 0.1) is 0 Å². The Hall–Kier alpha value is -1.55. The Labute approximate surface area is 108 Å². The van der Waals surface area contributed by atoms with Crippen LogP contribution in [0.5, 0.6) is 0 Å². The van der Waals surface area contributed by atoms with E-state index < -0.39 is 0 Å². The second kappa shape index (κ2) is 5.40. The van der Waals surface area contributed by atoms with Gasteiger partial charge in [-0.2, -0.15) is 0 Å². The Balaban J connectivity index is 2.04. The first-order chi connectivity index (χ1) is 8.61. The first-order valence-corrected chi connectivity index (χ1v) is 6.50. The lowest BCUT2D eigenvalue weighted by atomic mass is 10.1. The fraction of sp³-hybridized carbons (Fsp3) is 0.500. The predicted molar refractivity (Wildman–Crippen MR) is 73.5 cm³/mol.